The maximum Gasteiger partial charge on any atom is 0.254 e. The van der Waals surface area contributed by atoms with Crippen molar-refractivity contribution in [1.29, 1.82) is 0 Å². The number of phenolic OH excluding ortho intramolecular Hbond substituents is 2. The number of ketones is 2. The van der Waals surface area contributed by atoms with Crippen LogP contribution in [0.1, 0.15) is 186 Å². The van der Waals surface area contributed by atoms with Crippen molar-refractivity contribution in [2.24, 2.45) is 5.92 Å². The Labute approximate surface area is 510 Å². The number of unbranched alkanes of at least 4 members (excludes halogenated alkanes) is 2. The van der Waals surface area contributed by atoms with E-state index in [9.17, 15) is 53.7 Å². The minimum absolute atomic E-state index is 0.0219. The molecule has 6 aliphatic rings. The third-order valence-electron chi connectivity index (χ3n) is 18.1. The van der Waals surface area contributed by atoms with Crippen LogP contribution >= 0.6 is 22.6 Å². The summed E-state index contributed by atoms with van der Waals surface area (Å²) >= 11 is 2.31. The number of carbonyl (C=O) groups excluding carboxylic acids is 8. The number of alkyl halides is 1. The van der Waals surface area contributed by atoms with Crippen LogP contribution < -0.4 is 20.7 Å². The summed E-state index contributed by atoms with van der Waals surface area (Å²) in [5.41, 5.74) is -2.96. The van der Waals surface area contributed by atoms with Gasteiger partial charge in [0.1, 0.15) is 41.0 Å². The number of nitrogens with one attached hydrogen (secondary N) is 3. The predicted molar refractivity (Wildman–Crippen MR) is 316 cm³/mol. The summed E-state index contributed by atoms with van der Waals surface area (Å²) in [6, 6.07) is 0.916. The van der Waals surface area contributed by atoms with Gasteiger partial charge in [0.15, 0.2) is 24.6 Å². The van der Waals surface area contributed by atoms with Crippen LogP contribution in [0.15, 0.2) is 12.1 Å². The van der Waals surface area contributed by atoms with Gasteiger partial charge < -0.3 is 64.6 Å². The summed E-state index contributed by atoms with van der Waals surface area (Å²) in [6.07, 6.45) is 1.10. The SMILES string of the molecule is CCCCC(CC)c1cc(OC)c2c(c1)C(=O)c1c(O)c3c(c(O)c1C2=O)[C@@H](O[C@H]1C[C@H]2[C@H](O[C@@H]4[C@@H](OC)OCCN42)[C@H](C)O1)C[C@](O)(C(=O)N(C)CCNC(=O)[C@H](C)NC(=O)[C@H](C)NC(=O)CCN1C(=O)CC(C(I)(CC)CCCC)C1=O)C3. The van der Waals surface area contributed by atoms with Crippen LogP contribution in [0.4, 0.5) is 0 Å². The monoisotopic (exact) mass is 1300 g/mol. The van der Waals surface area contributed by atoms with E-state index in [2.05, 4.69) is 57.3 Å². The van der Waals surface area contributed by atoms with Gasteiger partial charge in [0.05, 0.1) is 48.5 Å². The summed E-state index contributed by atoms with van der Waals surface area (Å²) in [6.45, 7) is 13.3. The van der Waals surface area contributed by atoms with Crippen LogP contribution in [0, 0.1) is 5.92 Å². The molecule has 0 saturated carbocycles. The number of rotatable bonds is 25. The van der Waals surface area contributed by atoms with Crippen LogP contribution in [0.5, 0.6) is 17.2 Å². The molecule has 0 radical (unpaired) electrons. The number of aromatic hydroxyl groups is 2. The highest BCUT2D eigenvalue weighted by atomic mass is 127. The largest absolute Gasteiger partial charge is 0.507 e. The summed E-state index contributed by atoms with van der Waals surface area (Å²) in [5, 5.41) is 45.4. The van der Waals surface area contributed by atoms with Gasteiger partial charge in [-0.05, 0) is 70.1 Å². The predicted octanol–water partition coefficient (Wildman–Crippen LogP) is 4.96. The lowest BCUT2D eigenvalue weighted by atomic mass is 9.72. The van der Waals surface area contributed by atoms with Gasteiger partial charge >= 0.3 is 0 Å². The van der Waals surface area contributed by atoms with Gasteiger partial charge in [-0.2, -0.15) is 0 Å². The van der Waals surface area contributed by atoms with Gasteiger partial charge in [0.25, 0.3) is 5.91 Å². The molecule has 2 aliphatic carbocycles. The number of likely N-dealkylation sites (tertiary alicyclic amines) is 1. The molecule has 0 spiro atoms. The molecule has 2 aromatic carbocycles. The standard InChI is InChI=1S/C61H85IN6O17/c1-11-15-17-34(13-3)35-25-36-45(40(26-35)80-9)51(73)48-47(49(36)71)50(72)37-29-61(79,30-41(46(37)52(48)74)84-44-28-39-53(33(7)83-44)85-57-58(81-10)82-24-23-67(39)57)59(78)66(8)22-20-63-54(75)31(5)65-55(76)32(6)64-42(69)18-21-68-43(70)27-38(56(68)77)60(62,14-4)19-16-12-2/h25-26,31-34,38-39,41,44,53,57-58,72,74,79H,11-24,27-30H2,1-10H3,(H,63,75)(H,64,69)(H,65,76)/t31-,32-,33-,34?,38?,39-,41-,44-,53+,57+,58-,60?,61-/m0/s1. The number of aliphatic hydroxyl groups is 1. The normalized spacial score (nSPS) is 27.1. The number of hydrogen-bond donors (Lipinski definition) is 6. The molecule has 6 N–H and O–H groups in total. The van der Waals surface area contributed by atoms with Crippen molar-refractivity contribution in [3.8, 4) is 17.2 Å². The Morgan fingerprint density at radius 3 is 2.32 bits per heavy atom. The second-order valence-electron chi connectivity index (χ2n) is 23.6. The number of hydrogen-bond acceptors (Lipinski definition) is 18. The quantitative estimate of drug-likeness (QED) is 0.0283. The molecule has 468 valence electrons. The van der Waals surface area contributed by atoms with Gasteiger partial charge in [0.2, 0.25) is 35.3 Å². The summed E-state index contributed by atoms with van der Waals surface area (Å²) in [4.78, 5) is 115. The van der Waals surface area contributed by atoms with E-state index in [1.165, 1.54) is 40.0 Å². The number of phenols is 2. The van der Waals surface area contributed by atoms with Crippen molar-refractivity contribution in [3.63, 3.8) is 0 Å². The Morgan fingerprint density at radius 2 is 1.65 bits per heavy atom. The molecule has 0 bridgehead atoms. The average molecular weight is 1300 g/mol. The van der Waals surface area contributed by atoms with E-state index in [1.807, 2.05) is 20.8 Å². The maximum atomic E-state index is 14.9. The number of fused-ring (bicyclic) bond motifs is 6. The van der Waals surface area contributed by atoms with E-state index in [0.29, 0.717) is 13.2 Å². The number of carbonyl (C=O) groups is 8. The number of halogens is 1. The van der Waals surface area contributed by atoms with Crippen LogP contribution in [0.25, 0.3) is 0 Å². The van der Waals surface area contributed by atoms with Crippen molar-refractivity contribution >= 4 is 69.6 Å². The second-order valence-corrected chi connectivity index (χ2v) is 25.8. The molecule has 23 nitrogen and oxygen atoms in total. The minimum Gasteiger partial charge on any atom is -0.507 e. The zero-order chi connectivity index (χ0) is 62.0. The van der Waals surface area contributed by atoms with Crippen LogP contribution in [-0.2, 0) is 58.9 Å². The van der Waals surface area contributed by atoms with E-state index in [-0.39, 0.29) is 94.1 Å². The summed E-state index contributed by atoms with van der Waals surface area (Å²) in [5.74, 6) is -6.60. The number of ether oxygens (including phenoxy) is 6. The smallest absolute Gasteiger partial charge is 0.254 e. The number of methoxy groups -OCH3 is 2. The lowest BCUT2D eigenvalue weighted by Crippen LogP contribution is -2.56. The molecule has 8 rings (SSSR count). The van der Waals surface area contributed by atoms with E-state index in [1.54, 1.807) is 12.1 Å². The third-order valence-corrected chi connectivity index (χ3v) is 20.2. The first-order valence-electron chi connectivity index (χ1n) is 30.1. The molecule has 6 amide bonds. The fourth-order valence-corrected chi connectivity index (χ4v) is 14.1. The number of imide groups is 1. The molecule has 13 atom stereocenters. The zero-order valence-electron chi connectivity index (χ0n) is 50.5. The van der Waals surface area contributed by atoms with E-state index in [0.717, 1.165) is 61.8 Å². The molecule has 2 aromatic rings. The summed E-state index contributed by atoms with van der Waals surface area (Å²) in [7, 11) is 4.31. The molecule has 3 unspecified atom stereocenters. The van der Waals surface area contributed by atoms with Crippen LogP contribution in [-0.4, -0.2) is 189 Å². The first-order valence-corrected chi connectivity index (χ1v) is 31.2. The highest BCUT2D eigenvalue weighted by molar-refractivity contribution is 14.1. The Bertz CT molecular complexity index is 2910. The number of likely N-dealkylation sites (N-methyl/N-ethyl adjacent to an activating group) is 1. The van der Waals surface area contributed by atoms with Crippen molar-refractivity contribution in [2.75, 3.05) is 54.1 Å². The van der Waals surface area contributed by atoms with Gasteiger partial charge in [0, 0.05) is 98.6 Å². The van der Waals surface area contributed by atoms with Crippen molar-refractivity contribution in [1.82, 2.24) is 30.7 Å². The average Bonchev–Trinajstić information content (AvgIpc) is 1.45. The molecule has 4 saturated heterocycles. The Hall–Kier alpha value is -5.35. The molecule has 4 fully saturated rings. The molecule has 4 aliphatic heterocycles. The number of nitrogens with zero attached hydrogens (tertiary/aromatic N) is 3. The minimum atomic E-state index is -2.38. The molecule has 4 heterocycles. The Balaban J connectivity index is 0.961. The van der Waals surface area contributed by atoms with Crippen LogP contribution in [0.2, 0.25) is 0 Å². The molecular formula is C61H85IN6O17. The molecule has 85 heavy (non-hydrogen) atoms. The first-order chi connectivity index (χ1) is 40.4. The van der Waals surface area contributed by atoms with Crippen molar-refractivity contribution < 1.29 is 82.1 Å². The van der Waals surface area contributed by atoms with E-state index < -0.39 is 131 Å². The van der Waals surface area contributed by atoms with E-state index >= 15 is 0 Å². The van der Waals surface area contributed by atoms with E-state index in [4.69, 9.17) is 28.4 Å². The number of amides is 6. The van der Waals surface area contributed by atoms with Gasteiger partial charge in [-0.3, -0.25) is 48.2 Å². The third kappa shape index (κ3) is 13.1. The Morgan fingerprint density at radius 1 is 0.941 bits per heavy atom. The van der Waals surface area contributed by atoms with Crippen LogP contribution in [0.3, 0.4) is 0 Å². The maximum absolute atomic E-state index is 14.9. The van der Waals surface area contributed by atoms with Crippen molar-refractivity contribution in [2.45, 2.75) is 202 Å². The van der Waals surface area contributed by atoms with Gasteiger partial charge in [-0.25, -0.2) is 0 Å². The van der Waals surface area contributed by atoms with Gasteiger partial charge in [-0.1, -0.05) is 76.0 Å². The highest BCUT2D eigenvalue weighted by Gasteiger charge is 2.56. The number of benzene rings is 2. The fourth-order valence-electron chi connectivity index (χ4n) is 13.2. The Kier molecular flexibility index (Phi) is 21.1. The highest BCUT2D eigenvalue weighted by Crippen LogP contribution is 2.54. The topological polar surface area (TPSA) is 298 Å². The lowest BCUT2D eigenvalue weighted by Gasteiger charge is -2.44. The molecular weight excluding hydrogens is 1220 g/mol. The molecule has 24 heteroatoms. The second kappa shape index (κ2) is 27.4. The number of morpholine rings is 1. The molecule has 0 aromatic heterocycles. The fraction of sp³-hybridized carbons (Fsp3) is 0.672. The van der Waals surface area contributed by atoms with Gasteiger partial charge in [-0.15, -0.1) is 0 Å². The first kappa shape index (κ1) is 65.6. The van der Waals surface area contributed by atoms with Crippen molar-refractivity contribution in [3.05, 3.63) is 51.1 Å². The summed E-state index contributed by atoms with van der Waals surface area (Å²) < 4.78 is 36.3. The lowest BCUT2D eigenvalue weighted by molar-refractivity contribution is -0.256. The zero-order valence-corrected chi connectivity index (χ0v) is 52.7.